The van der Waals surface area contributed by atoms with E-state index >= 15 is 0 Å². The maximum atomic E-state index is 12.5. The van der Waals surface area contributed by atoms with Crippen molar-refractivity contribution in [1.29, 1.82) is 10.5 Å². The van der Waals surface area contributed by atoms with Gasteiger partial charge in [-0.15, -0.1) is 0 Å². The van der Waals surface area contributed by atoms with Gasteiger partial charge in [0.2, 0.25) is 0 Å². The van der Waals surface area contributed by atoms with E-state index in [1.807, 2.05) is 0 Å². The number of alkyl halides is 7. The van der Waals surface area contributed by atoms with E-state index in [4.69, 9.17) is 40.3 Å². The molecule has 0 aliphatic carbocycles. The number of nitriles is 1. The topological polar surface area (TPSA) is 117 Å². The van der Waals surface area contributed by atoms with Crippen LogP contribution in [0.4, 0.5) is 26.3 Å². The van der Waals surface area contributed by atoms with Gasteiger partial charge in [0.05, 0.1) is 28.9 Å². The van der Waals surface area contributed by atoms with Crippen molar-refractivity contribution in [2.24, 2.45) is 14.1 Å². The molecular weight excluding hydrogens is 596 g/mol. The van der Waals surface area contributed by atoms with E-state index in [-0.39, 0.29) is 40.0 Å². The monoisotopic (exact) mass is 604 g/mol. The molecule has 0 bridgehead atoms. The fourth-order valence-electron chi connectivity index (χ4n) is 2.12. The van der Waals surface area contributed by atoms with Gasteiger partial charge in [-0.1, -0.05) is 39.1 Å². The van der Waals surface area contributed by atoms with E-state index in [0.717, 1.165) is 9.36 Å². The van der Waals surface area contributed by atoms with Gasteiger partial charge in [-0.25, -0.2) is 0 Å². The molecule has 0 fully saturated rings. The average molecular weight is 606 g/mol. The number of carbonyl (C=O) groups is 2. The zero-order valence-electron chi connectivity index (χ0n) is 17.3. The summed E-state index contributed by atoms with van der Waals surface area (Å²) in [5, 5.41) is 19.8. The van der Waals surface area contributed by atoms with Gasteiger partial charge >= 0.3 is 41.9 Å². The van der Waals surface area contributed by atoms with Gasteiger partial charge in [-0.05, 0) is 0 Å². The minimum atomic E-state index is -4.77. The Morgan fingerprint density at radius 1 is 0.941 bits per heavy atom. The number of hydrogen-bond donors (Lipinski definition) is 0. The van der Waals surface area contributed by atoms with Gasteiger partial charge in [0, 0.05) is 14.1 Å². The van der Waals surface area contributed by atoms with Crippen molar-refractivity contribution in [2.75, 3.05) is 5.33 Å². The first-order valence-corrected chi connectivity index (χ1v) is 9.76. The van der Waals surface area contributed by atoms with E-state index in [2.05, 4.69) is 26.1 Å². The zero-order valence-corrected chi connectivity index (χ0v) is 22.4. The van der Waals surface area contributed by atoms with Crippen LogP contribution < -0.4 is 29.6 Å². The van der Waals surface area contributed by atoms with Gasteiger partial charge in [0.1, 0.15) is 10.3 Å². The fourth-order valence-corrected chi connectivity index (χ4v) is 2.87. The number of Topliss-reactive ketones (excluding diaryl/α,β-unsaturated/α-hetero) is 2. The molecule has 8 nitrogen and oxygen atoms in total. The molecule has 0 aliphatic rings. The van der Waals surface area contributed by atoms with Crippen LogP contribution in [-0.2, 0) is 26.4 Å². The Kier molecular flexibility index (Phi) is 14.3. The molecule has 0 atom stereocenters. The van der Waals surface area contributed by atoms with Crippen molar-refractivity contribution < 1.29 is 65.5 Å². The number of rotatable bonds is 4. The number of hydrogen-bond acceptors (Lipinski definition) is 6. The first-order chi connectivity index (χ1) is 15.1. The van der Waals surface area contributed by atoms with Crippen molar-refractivity contribution in [1.82, 2.24) is 19.6 Å². The summed E-state index contributed by atoms with van der Waals surface area (Å²) in [4.78, 5) is 22.5. The molecule has 0 aromatic carbocycles. The Labute approximate surface area is 228 Å². The summed E-state index contributed by atoms with van der Waals surface area (Å²) in [6, 6.07) is 1.47. The summed E-state index contributed by atoms with van der Waals surface area (Å²) >= 11 is 13.9. The average Bonchev–Trinajstić information content (AvgIpc) is 3.20. The minimum absolute atomic E-state index is 0. The first-order valence-electron chi connectivity index (χ1n) is 7.88. The quantitative estimate of drug-likeness (QED) is 0.173. The maximum absolute atomic E-state index is 12.5. The first kappa shape index (κ1) is 34.5. The second-order valence-electron chi connectivity index (χ2n) is 5.59. The van der Waals surface area contributed by atoms with Crippen molar-refractivity contribution in [2.45, 2.75) is 18.8 Å². The number of aryl methyl sites for hydroxylation is 2. The van der Waals surface area contributed by atoms with Gasteiger partial charge in [0.15, 0.2) is 23.0 Å². The maximum Gasteiger partial charge on any atom is 1.00 e. The van der Waals surface area contributed by atoms with Gasteiger partial charge < -0.3 is 11.8 Å². The summed E-state index contributed by atoms with van der Waals surface area (Å²) in [7, 11) is 2.42. The third kappa shape index (κ3) is 8.55. The normalized spacial score (nSPS) is 10.6. The summed E-state index contributed by atoms with van der Waals surface area (Å²) in [6.07, 6.45) is -10.1. The number of aromatic nitrogens is 4. The van der Waals surface area contributed by atoms with Crippen molar-refractivity contribution in [3.63, 3.8) is 0 Å². The number of ketones is 2. The standard InChI is InChI=1S/C8H5ClF3N3O.C7H5BrClF3N2O.CN.Na/c1-15-7(9)5(4(16)2-3-13)6(14-15)8(10,11)12;1-14-6(9)4(3(15)2-8)5(13-14)7(10,11)12;1-2;/h2H2,1H3;2H2,1H3;;/q;;-1;+1. The molecule has 0 spiro atoms. The molecule has 0 aliphatic heterocycles. The van der Waals surface area contributed by atoms with E-state index in [9.17, 15) is 35.9 Å². The number of nitrogens with zero attached hydrogens (tertiary/aromatic N) is 6. The summed E-state index contributed by atoms with van der Waals surface area (Å²) in [6.45, 7) is 4.75. The predicted octanol–water partition coefficient (Wildman–Crippen LogP) is 1.96. The van der Waals surface area contributed by atoms with Crippen LogP contribution in [0.3, 0.4) is 0 Å². The van der Waals surface area contributed by atoms with E-state index < -0.39 is 58.0 Å². The molecule has 0 amide bonds. The SMILES string of the molecule is Cn1nc(C(F)(F)F)c(C(=O)CBr)c1Cl.Cn1nc(C(F)(F)F)c(C(=O)CC#N)c1Cl.[C-]#N.[Na+]. The predicted molar refractivity (Wildman–Crippen MR) is 104 cm³/mol. The molecule has 0 saturated heterocycles. The van der Waals surface area contributed by atoms with E-state index in [0.29, 0.717) is 0 Å². The smallest absolute Gasteiger partial charge is 0.512 e. The van der Waals surface area contributed by atoms with Crippen molar-refractivity contribution in [3.05, 3.63) is 39.4 Å². The van der Waals surface area contributed by atoms with Crippen LogP contribution in [0.5, 0.6) is 0 Å². The summed E-state index contributed by atoms with van der Waals surface area (Å²) in [5.74, 6) is -1.74. The molecule has 180 valence electrons. The Morgan fingerprint density at radius 2 is 1.26 bits per heavy atom. The molecule has 2 aromatic heterocycles. The van der Waals surface area contributed by atoms with Crippen LogP contribution in [0.1, 0.15) is 38.5 Å². The van der Waals surface area contributed by atoms with Crippen LogP contribution in [0.25, 0.3) is 0 Å². The van der Waals surface area contributed by atoms with Crippen LogP contribution in [0, 0.1) is 23.2 Å². The number of halogens is 9. The fraction of sp³-hybridized carbons (Fsp3) is 0.375. The molecule has 0 unspecified atom stereocenters. The summed E-state index contributed by atoms with van der Waals surface area (Å²) in [5.41, 5.74) is -3.96. The van der Waals surface area contributed by atoms with E-state index in [1.165, 1.54) is 20.2 Å². The molecule has 2 aromatic rings. The summed E-state index contributed by atoms with van der Waals surface area (Å²) < 4.78 is 76.3. The molecule has 0 N–H and O–H groups in total. The molecule has 2 heterocycles. The zero-order chi connectivity index (χ0) is 26.3. The minimum Gasteiger partial charge on any atom is -0.512 e. The molecule has 18 heteroatoms. The third-order valence-corrected chi connectivity index (χ3v) is 4.79. The molecule has 0 saturated carbocycles. The molecule has 2 rings (SSSR count). The van der Waals surface area contributed by atoms with Crippen LogP contribution in [0.2, 0.25) is 10.3 Å². The third-order valence-electron chi connectivity index (χ3n) is 3.41. The van der Waals surface area contributed by atoms with Crippen molar-refractivity contribution in [3.8, 4) is 6.07 Å². The Bertz CT molecular complexity index is 1090. The Morgan fingerprint density at radius 3 is 1.53 bits per heavy atom. The number of carbonyl (C=O) groups excluding carboxylic acids is 2. The van der Waals surface area contributed by atoms with Crippen LogP contribution >= 0.6 is 39.1 Å². The largest absolute Gasteiger partial charge is 1.00 e. The van der Waals surface area contributed by atoms with Crippen LogP contribution in [0.15, 0.2) is 0 Å². The molecule has 34 heavy (non-hydrogen) atoms. The van der Waals surface area contributed by atoms with Crippen LogP contribution in [-0.4, -0.2) is 36.5 Å². The Hall–Kier alpha value is -1.62. The van der Waals surface area contributed by atoms with Gasteiger partial charge in [-0.2, -0.15) is 41.8 Å². The van der Waals surface area contributed by atoms with Crippen molar-refractivity contribution >= 4 is 50.7 Å². The second-order valence-corrected chi connectivity index (χ2v) is 6.86. The molecule has 0 radical (unpaired) electrons. The van der Waals surface area contributed by atoms with Gasteiger partial charge in [0.25, 0.3) is 0 Å². The van der Waals surface area contributed by atoms with E-state index in [1.54, 1.807) is 0 Å². The molecular formula is C16H10BrCl2F6N6NaO2. The Balaban J connectivity index is 0. The van der Waals surface area contributed by atoms with Gasteiger partial charge in [-0.3, -0.25) is 19.0 Å². The second kappa shape index (κ2) is 14.1.